The van der Waals surface area contributed by atoms with Gasteiger partial charge in [0.15, 0.2) is 0 Å². The molecule has 0 amide bonds. The summed E-state index contributed by atoms with van der Waals surface area (Å²) in [5.41, 5.74) is 5.02. The predicted molar refractivity (Wildman–Crippen MR) is 62.8 cm³/mol. The van der Waals surface area contributed by atoms with Gasteiger partial charge in [0.2, 0.25) is 0 Å². The SMILES string of the molecule is ClB1c2ccccc2-c2ccccc21. The highest BCUT2D eigenvalue weighted by atomic mass is 35.5. The molecule has 0 aliphatic carbocycles. The molecule has 1 heterocycles. The van der Waals surface area contributed by atoms with Crippen LogP contribution in [0.2, 0.25) is 0 Å². The Hall–Kier alpha value is -1.21. The van der Waals surface area contributed by atoms with Crippen molar-refractivity contribution in [1.82, 2.24) is 0 Å². The van der Waals surface area contributed by atoms with Crippen LogP contribution in [0.5, 0.6) is 0 Å². The topological polar surface area (TPSA) is 0 Å². The molecule has 0 saturated heterocycles. The monoisotopic (exact) mass is 198 g/mol. The van der Waals surface area contributed by atoms with E-state index in [4.69, 9.17) is 11.5 Å². The molecule has 0 spiro atoms. The molecule has 2 aromatic rings. The van der Waals surface area contributed by atoms with E-state index in [0.717, 1.165) is 0 Å². The van der Waals surface area contributed by atoms with Crippen molar-refractivity contribution in [2.75, 3.05) is 0 Å². The van der Waals surface area contributed by atoms with Gasteiger partial charge in [-0.2, -0.15) is 11.5 Å². The molecule has 66 valence electrons. The highest BCUT2D eigenvalue weighted by Crippen LogP contribution is 2.23. The molecular formula is C12H8BCl. The molecule has 2 heteroatoms. The second kappa shape index (κ2) is 2.89. The van der Waals surface area contributed by atoms with Crippen LogP contribution in [0.3, 0.4) is 0 Å². The summed E-state index contributed by atoms with van der Waals surface area (Å²) in [5, 5.41) is 0. The summed E-state index contributed by atoms with van der Waals surface area (Å²) in [6.45, 7) is 0. The Morgan fingerprint density at radius 3 is 1.64 bits per heavy atom. The maximum absolute atomic E-state index is 6.37. The number of benzene rings is 2. The molecule has 3 rings (SSSR count). The van der Waals surface area contributed by atoms with Crippen LogP contribution in [0.4, 0.5) is 0 Å². The summed E-state index contributed by atoms with van der Waals surface area (Å²) in [4.78, 5) is 0. The largest absolute Gasteiger partial charge is 0.316 e. The second-order valence-corrected chi connectivity index (χ2v) is 3.97. The Kier molecular flexibility index (Phi) is 1.68. The lowest BCUT2D eigenvalue weighted by molar-refractivity contribution is 1.71. The first-order valence-corrected chi connectivity index (χ1v) is 5.14. The highest BCUT2D eigenvalue weighted by molar-refractivity contribution is 7.23. The molecule has 0 unspecified atom stereocenters. The predicted octanol–water partition coefficient (Wildman–Crippen LogP) is 2.01. The number of fused-ring (bicyclic) bond motifs is 3. The van der Waals surface area contributed by atoms with Gasteiger partial charge in [0, 0.05) is 0 Å². The van der Waals surface area contributed by atoms with Crippen LogP contribution in [0.15, 0.2) is 48.5 Å². The smallest absolute Gasteiger partial charge is 0.182 e. The van der Waals surface area contributed by atoms with E-state index in [9.17, 15) is 0 Å². The van der Waals surface area contributed by atoms with E-state index in [1.807, 2.05) is 12.1 Å². The van der Waals surface area contributed by atoms with Crippen molar-refractivity contribution in [3.05, 3.63) is 48.5 Å². The maximum Gasteiger partial charge on any atom is 0.316 e. The lowest BCUT2D eigenvalue weighted by atomic mass is 9.66. The third-order valence-electron chi connectivity index (χ3n) is 2.76. The molecule has 0 bridgehead atoms. The van der Waals surface area contributed by atoms with Crippen LogP contribution in [0.1, 0.15) is 0 Å². The van der Waals surface area contributed by atoms with E-state index >= 15 is 0 Å². The lowest BCUT2D eigenvalue weighted by Gasteiger charge is -1.98. The summed E-state index contributed by atoms with van der Waals surface area (Å²) in [6.07, 6.45) is 0.0300. The molecule has 14 heavy (non-hydrogen) atoms. The fourth-order valence-corrected chi connectivity index (χ4v) is 2.47. The summed E-state index contributed by atoms with van der Waals surface area (Å²) < 4.78 is 0. The van der Waals surface area contributed by atoms with Gasteiger partial charge in [-0.1, -0.05) is 48.5 Å². The van der Waals surface area contributed by atoms with Gasteiger partial charge in [0.1, 0.15) is 0 Å². The van der Waals surface area contributed by atoms with E-state index in [-0.39, 0.29) is 6.13 Å². The van der Waals surface area contributed by atoms with Crippen molar-refractivity contribution in [3.63, 3.8) is 0 Å². The van der Waals surface area contributed by atoms with Crippen LogP contribution in [0.25, 0.3) is 11.1 Å². The van der Waals surface area contributed by atoms with Gasteiger partial charge >= 0.3 is 6.13 Å². The minimum Gasteiger partial charge on any atom is -0.182 e. The third kappa shape index (κ3) is 0.963. The molecular weight excluding hydrogens is 190 g/mol. The zero-order valence-corrected chi connectivity index (χ0v) is 8.33. The number of hydrogen-bond donors (Lipinski definition) is 0. The normalized spacial score (nSPS) is 12.5. The standard InChI is InChI=1S/C12H8BCl/c14-13-11-7-3-1-5-9(11)10-6-2-4-8-12(10)13/h1-8H. The second-order valence-electron chi connectivity index (χ2n) is 3.54. The fraction of sp³-hybridized carbons (Fsp3) is 0. The summed E-state index contributed by atoms with van der Waals surface area (Å²) >= 11 is 6.37. The Morgan fingerprint density at radius 1 is 0.714 bits per heavy atom. The first-order chi connectivity index (χ1) is 6.88. The molecule has 2 aromatic carbocycles. The van der Waals surface area contributed by atoms with Crippen molar-refractivity contribution in [3.8, 4) is 11.1 Å². The van der Waals surface area contributed by atoms with E-state index in [1.165, 1.54) is 22.1 Å². The number of rotatable bonds is 0. The fourth-order valence-electron chi connectivity index (χ4n) is 2.09. The van der Waals surface area contributed by atoms with Gasteiger partial charge in [-0.3, -0.25) is 0 Å². The average molecular weight is 198 g/mol. The Balaban J connectivity index is 2.36. The summed E-state index contributed by atoms with van der Waals surface area (Å²) in [5.74, 6) is 0. The van der Waals surface area contributed by atoms with Crippen molar-refractivity contribution >= 4 is 28.5 Å². The van der Waals surface area contributed by atoms with Crippen LogP contribution in [-0.2, 0) is 0 Å². The molecule has 1 aliphatic rings. The third-order valence-corrected chi connectivity index (χ3v) is 3.23. The average Bonchev–Trinajstić information content (AvgIpc) is 2.55. The van der Waals surface area contributed by atoms with Gasteiger partial charge in [0.25, 0.3) is 0 Å². The molecule has 0 aromatic heterocycles. The molecule has 0 atom stereocenters. The maximum atomic E-state index is 6.37. The minimum absolute atomic E-state index is 0.0300. The molecule has 0 fully saturated rings. The van der Waals surface area contributed by atoms with Crippen LogP contribution < -0.4 is 10.9 Å². The molecule has 0 saturated carbocycles. The molecule has 1 aliphatic heterocycles. The quantitative estimate of drug-likeness (QED) is 0.568. The van der Waals surface area contributed by atoms with E-state index in [1.54, 1.807) is 0 Å². The first-order valence-electron chi connectivity index (χ1n) is 4.70. The lowest BCUT2D eigenvalue weighted by Crippen LogP contribution is -2.31. The summed E-state index contributed by atoms with van der Waals surface area (Å²) in [6, 6.07) is 16.7. The van der Waals surface area contributed by atoms with Gasteiger partial charge in [-0.25, -0.2) is 0 Å². The van der Waals surface area contributed by atoms with Crippen LogP contribution >= 0.6 is 11.5 Å². The Morgan fingerprint density at radius 2 is 1.14 bits per heavy atom. The Bertz CT molecular complexity index is 448. The minimum atomic E-state index is 0.0300. The van der Waals surface area contributed by atoms with Gasteiger partial charge in [0.05, 0.1) is 0 Å². The van der Waals surface area contributed by atoms with E-state index < -0.39 is 0 Å². The van der Waals surface area contributed by atoms with Crippen molar-refractivity contribution in [2.24, 2.45) is 0 Å². The highest BCUT2D eigenvalue weighted by Gasteiger charge is 2.29. The molecule has 0 nitrogen and oxygen atoms in total. The van der Waals surface area contributed by atoms with E-state index in [0.29, 0.717) is 0 Å². The van der Waals surface area contributed by atoms with Gasteiger partial charge < -0.3 is 0 Å². The van der Waals surface area contributed by atoms with Gasteiger partial charge in [-0.05, 0) is 22.1 Å². The zero-order chi connectivity index (χ0) is 9.54. The number of halogens is 1. The Labute approximate surface area is 88.5 Å². The van der Waals surface area contributed by atoms with Gasteiger partial charge in [-0.15, -0.1) is 0 Å². The van der Waals surface area contributed by atoms with E-state index in [2.05, 4.69) is 36.4 Å². The van der Waals surface area contributed by atoms with Crippen LogP contribution in [0, 0.1) is 0 Å². The zero-order valence-electron chi connectivity index (χ0n) is 7.57. The van der Waals surface area contributed by atoms with Crippen molar-refractivity contribution in [1.29, 1.82) is 0 Å². The summed E-state index contributed by atoms with van der Waals surface area (Å²) in [7, 11) is 0. The number of hydrogen-bond acceptors (Lipinski definition) is 0. The van der Waals surface area contributed by atoms with Crippen molar-refractivity contribution < 1.29 is 0 Å². The molecule has 0 radical (unpaired) electrons. The van der Waals surface area contributed by atoms with Crippen molar-refractivity contribution in [2.45, 2.75) is 0 Å². The van der Waals surface area contributed by atoms with Crippen LogP contribution in [-0.4, -0.2) is 6.13 Å². The first kappa shape index (κ1) is 8.13. The molecule has 0 N–H and O–H groups in total.